The lowest BCUT2D eigenvalue weighted by Crippen LogP contribution is -2.17. The van der Waals surface area contributed by atoms with Gasteiger partial charge in [0.2, 0.25) is 0 Å². The minimum Gasteiger partial charge on any atom is -0.337 e. The molecule has 0 atom stereocenters. The second-order valence-electron chi connectivity index (χ2n) is 6.23. The Labute approximate surface area is 160 Å². The minimum atomic E-state index is -0.287. The summed E-state index contributed by atoms with van der Waals surface area (Å²) in [7, 11) is 0. The Morgan fingerprint density at radius 1 is 1.19 bits per heavy atom. The highest BCUT2D eigenvalue weighted by atomic mass is 32.1. The summed E-state index contributed by atoms with van der Waals surface area (Å²) < 4.78 is 15.1. The van der Waals surface area contributed by atoms with Crippen LogP contribution in [-0.2, 0) is 6.54 Å². The number of nitrogens with one attached hydrogen (secondary N) is 1. The molecule has 4 rings (SSSR count). The van der Waals surface area contributed by atoms with Crippen LogP contribution in [0, 0.1) is 12.7 Å². The Morgan fingerprint density at radius 3 is 2.67 bits per heavy atom. The topological polar surface area (TPSA) is 46.9 Å². The highest BCUT2D eigenvalue weighted by Crippen LogP contribution is 2.28. The van der Waals surface area contributed by atoms with E-state index in [1.807, 2.05) is 48.1 Å². The van der Waals surface area contributed by atoms with Crippen molar-refractivity contribution in [3.8, 4) is 11.3 Å². The molecule has 0 spiro atoms. The van der Waals surface area contributed by atoms with Crippen LogP contribution in [0.15, 0.2) is 53.9 Å². The smallest absolute Gasteiger partial charge is 0.274 e. The zero-order valence-electron chi connectivity index (χ0n) is 15.0. The molecule has 136 valence electrons. The van der Waals surface area contributed by atoms with E-state index < -0.39 is 0 Å². The number of hydrogen-bond donors (Lipinski definition) is 1. The normalized spacial score (nSPS) is 11.1. The van der Waals surface area contributed by atoms with Crippen LogP contribution in [0.5, 0.6) is 0 Å². The number of amides is 1. The second-order valence-corrected chi connectivity index (χ2v) is 7.09. The van der Waals surface area contributed by atoms with Crippen LogP contribution < -0.4 is 5.32 Å². The first-order valence-electron chi connectivity index (χ1n) is 8.69. The lowest BCUT2D eigenvalue weighted by atomic mass is 10.1. The number of thiazole rings is 1. The van der Waals surface area contributed by atoms with E-state index >= 15 is 0 Å². The largest absolute Gasteiger partial charge is 0.337 e. The van der Waals surface area contributed by atoms with Gasteiger partial charge in [-0.3, -0.25) is 10.1 Å². The molecular weight excluding hydrogens is 361 g/mol. The molecule has 0 bridgehead atoms. The maximum absolute atomic E-state index is 13.1. The Morgan fingerprint density at radius 2 is 1.93 bits per heavy atom. The number of aryl methyl sites for hydroxylation is 2. The molecule has 1 amide bonds. The first-order valence-corrected chi connectivity index (χ1v) is 9.57. The maximum Gasteiger partial charge on any atom is 0.274 e. The predicted octanol–water partition coefficient (Wildman–Crippen LogP) is 5.48. The third-order valence-electron chi connectivity index (χ3n) is 4.62. The summed E-state index contributed by atoms with van der Waals surface area (Å²) >= 11 is 1.35. The summed E-state index contributed by atoms with van der Waals surface area (Å²) in [5.74, 6) is -0.462. The number of anilines is 1. The van der Waals surface area contributed by atoms with E-state index in [2.05, 4.69) is 10.3 Å². The number of nitrogens with zero attached hydrogens (tertiary/aromatic N) is 2. The molecule has 4 nitrogen and oxygen atoms in total. The summed E-state index contributed by atoms with van der Waals surface area (Å²) in [5, 5.41) is 6.36. The van der Waals surface area contributed by atoms with Crippen LogP contribution in [0.25, 0.3) is 22.2 Å². The van der Waals surface area contributed by atoms with Gasteiger partial charge >= 0.3 is 0 Å². The fraction of sp³-hybridized carbons (Fsp3) is 0.143. The second kappa shape index (κ2) is 6.96. The van der Waals surface area contributed by atoms with Crippen LogP contribution in [0.2, 0.25) is 0 Å². The summed E-state index contributed by atoms with van der Waals surface area (Å²) in [6, 6.07) is 14.2. The standard InChI is InChI=1S/C21H18FN3OS/c1-3-25-18-7-5-4-6-16(18)13(2)19(25)20(26)24-21-23-17(12-27-21)14-8-10-15(22)11-9-14/h4-12H,3H2,1-2H3,(H,23,24,26). The van der Waals surface area contributed by atoms with Gasteiger partial charge in [-0.05, 0) is 49.7 Å². The van der Waals surface area contributed by atoms with Crippen molar-refractivity contribution in [2.45, 2.75) is 20.4 Å². The molecule has 2 aromatic carbocycles. The third-order valence-corrected chi connectivity index (χ3v) is 5.38. The maximum atomic E-state index is 13.1. The van der Waals surface area contributed by atoms with E-state index in [0.717, 1.165) is 22.0 Å². The van der Waals surface area contributed by atoms with E-state index in [4.69, 9.17) is 0 Å². The average molecular weight is 379 g/mol. The van der Waals surface area contributed by atoms with E-state index in [-0.39, 0.29) is 11.7 Å². The number of halogens is 1. The summed E-state index contributed by atoms with van der Waals surface area (Å²) in [4.78, 5) is 17.4. The molecular formula is C21H18FN3OS. The molecule has 0 aliphatic rings. The Hall–Kier alpha value is -2.99. The highest BCUT2D eigenvalue weighted by molar-refractivity contribution is 7.14. The van der Waals surface area contributed by atoms with Crippen LogP contribution in [0.3, 0.4) is 0 Å². The van der Waals surface area contributed by atoms with Crippen molar-refractivity contribution in [2.24, 2.45) is 0 Å². The molecule has 0 saturated carbocycles. The van der Waals surface area contributed by atoms with Crippen molar-refractivity contribution in [3.05, 3.63) is 71.0 Å². The quantitative estimate of drug-likeness (QED) is 0.510. The van der Waals surface area contributed by atoms with Gasteiger partial charge in [-0.15, -0.1) is 11.3 Å². The molecule has 1 N–H and O–H groups in total. The van der Waals surface area contributed by atoms with Gasteiger partial charge in [0.15, 0.2) is 5.13 Å². The van der Waals surface area contributed by atoms with Gasteiger partial charge in [0.05, 0.1) is 5.69 Å². The Kier molecular flexibility index (Phi) is 4.49. The van der Waals surface area contributed by atoms with Crippen molar-refractivity contribution in [3.63, 3.8) is 0 Å². The molecule has 0 radical (unpaired) electrons. The van der Waals surface area contributed by atoms with Crippen LogP contribution in [-0.4, -0.2) is 15.5 Å². The molecule has 2 heterocycles. The van der Waals surface area contributed by atoms with Crippen LogP contribution in [0.4, 0.5) is 9.52 Å². The van der Waals surface area contributed by atoms with Gasteiger partial charge in [0.25, 0.3) is 5.91 Å². The number of para-hydroxylation sites is 1. The van der Waals surface area contributed by atoms with Gasteiger partial charge in [0.1, 0.15) is 11.5 Å². The van der Waals surface area contributed by atoms with Crippen molar-refractivity contribution in [1.29, 1.82) is 0 Å². The van der Waals surface area contributed by atoms with Crippen LogP contribution >= 0.6 is 11.3 Å². The Balaban J connectivity index is 1.65. The predicted molar refractivity (Wildman–Crippen MR) is 108 cm³/mol. The molecule has 0 unspecified atom stereocenters. The lowest BCUT2D eigenvalue weighted by molar-refractivity contribution is 0.101. The molecule has 0 fully saturated rings. The van der Waals surface area contributed by atoms with Crippen molar-refractivity contribution in [1.82, 2.24) is 9.55 Å². The van der Waals surface area contributed by atoms with Gasteiger partial charge in [-0.1, -0.05) is 18.2 Å². The highest BCUT2D eigenvalue weighted by Gasteiger charge is 2.20. The number of fused-ring (bicyclic) bond motifs is 1. The molecule has 0 aliphatic heterocycles. The lowest BCUT2D eigenvalue weighted by Gasteiger charge is -2.08. The summed E-state index contributed by atoms with van der Waals surface area (Å²) in [5.41, 5.74) is 4.18. The molecule has 4 aromatic rings. The molecule has 2 aromatic heterocycles. The zero-order valence-corrected chi connectivity index (χ0v) is 15.8. The number of benzene rings is 2. The number of aromatic nitrogens is 2. The van der Waals surface area contributed by atoms with Crippen LogP contribution in [0.1, 0.15) is 23.0 Å². The number of carbonyl (C=O) groups is 1. The monoisotopic (exact) mass is 379 g/mol. The summed E-state index contributed by atoms with van der Waals surface area (Å²) in [6.45, 7) is 4.70. The fourth-order valence-corrected chi connectivity index (χ4v) is 4.05. The summed E-state index contributed by atoms with van der Waals surface area (Å²) in [6.07, 6.45) is 0. The van der Waals surface area contributed by atoms with Crippen molar-refractivity contribution in [2.75, 3.05) is 5.32 Å². The van der Waals surface area contributed by atoms with Crippen molar-refractivity contribution < 1.29 is 9.18 Å². The first kappa shape index (κ1) is 17.4. The molecule has 0 saturated heterocycles. The van der Waals surface area contributed by atoms with Gasteiger partial charge < -0.3 is 4.57 Å². The average Bonchev–Trinajstić information content (AvgIpc) is 3.25. The van der Waals surface area contributed by atoms with Gasteiger partial charge in [-0.2, -0.15) is 0 Å². The van der Waals surface area contributed by atoms with E-state index in [9.17, 15) is 9.18 Å². The number of hydrogen-bond acceptors (Lipinski definition) is 3. The third kappa shape index (κ3) is 3.13. The zero-order chi connectivity index (χ0) is 19.0. The van der Waals surface area contributed by atoms with Gasteiger partial charge in [0, 0.05) is 28.4 Å². The minimum absolute atomic E-state index is 0.175. The Bertz CT molecular complexity index is 1130. The fourth-order valence-electron chi connectivity index (χ4n) is 3.34. The first-order chi connectivity index (χ1) is 13.1. The molecule has 27 heavy (non-hydrogen) atoms. The number of rotatable bonds is 4. The molecule has 6 heteroatoms. The van der Waals surface area contributed by atoms with E-state index in [1.165, 1.54) is 23.5 Å². The van der Waals surface area contributed by atoms with E-state index in [0.29, 0.717) is 23.1 Å². The SMILES string of the molecule is CCn1c(C(=O)Nc2nc(-c3ccc(F)cc3)cs2)c(C)c2ccccc21. The number of carbonyl (C=O) groups excluding carboxylic acids is 1. The van der Waals surface area contributed by atoms with Gasteiger partial charge in [-0.25, -0.2) is 9.37 Å². The van der Waals surface area contributed by atoms with Crippen molar-refractivity contribution >= 4 is 33.3 Å². The molecule has 0 aliphatic carbocycles. The van der Waals surface area contributed by atoms with E-state index in [1.54, 1.807) is 12.1 Å².